The first-order chi connectivity index (χ1) is 10.3. The van der Waals surface area contributed by atoms with E-state index in [4.69, 9.17) is 0 Å². The van der Waals surface area contributed by atoms with E-state index in [1.54, 1.807) is 0 Å². The molecular formula is C18H24N2O. The summed E-state index contributed by atoms with van der Waals surface area (Å²) in [7, 11) is 0. The molecule has 1 N–H and O–H groups in total. The van der Waals surface area contributed by atoms with Gasteiger partial charge in [-0.25, -0.2) is 0 Å². The van der Waals surface area contributed by atoms with Crippen molar-refractivity contribution in [3.8, 4) is 0 Å². The lowest BCUT2D eigenvalue weighted by atomic mass is 9.74. The van der Waals surface area contributed by atoms with E-state index in [1.165, 1.54) is 24.9 Å². The molecule has 0 aromatic heterocycles. The van der Waals surface area contributed by atoms with Gasteiger partial charge in [0, 0.05) is 37.5 Å². The lowest BCUT2D eigenvalue weighted by molar-refractivity contribution is -0.120. The van der Waals surface area contributed by atoms with Crippen molar-refractivity contribution < 1.29 is 4.79 Å². The SMILES string of the molecule is O=C1C[C@@H](c2ccccc2)C2(CCN(CC3CC3)CC2)N1. The van der Waals surface area contributed by atoms with E-state index in [0.29, 0.717) is 12.3 Å². The van der Waals surface area contributed by atoms with E-state index in [9.17, 15) is 4.79 Å². The third-order valence-electron chi connectivity index (χ3n) is 5.61. The minimum absolute atomic E-state index is 0.0124. The second-order valence-corrected chi connectivity index (χ2v) is 7.12. The van der Waals surface area contributed by atoms with Crippen LogP contribution in [-0.2, 0) is 4.79 Å². The molecule has 2 saturated heterocycles. The molecule has 3 nitrogen and oxygen atoms in total. The summed E-state index contributed by atoms with van der Waals surface area (Å²) in [6, 6.07) is 10.6. The van der Waals surface area contributed by atoms with Gasteiger partial charge in [0.05, 0.1) is 0 Å². The zero-order valence-corrected chi connectivity index (χ0v) is 12.6. The fourth-order valence-corrected chi connectivity index (χ4v) is 4.19. The predicted molar refractivity (Wildman–Crippen MR) is 83.1 cm³/mol. The average molecular weight is 284 g/mol. The van der Waals surface area contributed by atoms with Crippen LogP contribution in [-0.4, -0.2) is 36.0 Å². The maximum atomic E-state index is 12.0. The first-order valence-electron chi connectivity index (χ1n) is 8.33. The van der Waals surface area contributed by atoms with Crippen molar-refractivity contribution in [2.45, 2.75) is 43.6 Å². The largest absolute Gasteiger partial charge is 0.350 e. The summed E-state index contributed by atoms with van der Waals surface area (Å²) in [5.74, 6) is 1.55. The van der Waals surface area contributed by atoms with Gasteiger partial charge in [0.1, 0.15) is 0 Å². The fourth-order valence-electron chi connectivity index (χ4n) is 4.19. The topological polar surface area (TPSA) is 32.3 Å². The van der Waals surface area contributed by atoms with Crippen molar-refractivity contribution in [2.75, 3.05) is 19.6 Å². The van der Waals surface area contributed by atoms with Crippen LogP contribution in [0.15, 0.2) is 30.3 Å². The molecule has 1 saturated carbocycles. The quantitative estimate of drug-likeness (QED) is 0.925. The number of rotatable bonds is 3. The van der Waals surface area contributed by atoms with Crippen LogP contribution in [0.2, 0.25) is 0 Å². The Balaban J connectivity index is 1.50. The number of piperidine rings is 1. The molecular weight excluding hydrogens is 260 g/mol. The van der Waals surface area contributed by atoms with E-state index in [0.717, 1.165) is 31.8 Å². The molecule has 1 aromatic rings. The first kappa shape index (κ1) is 13.3. The number of benzene rings is 1. The normalized spacial score (nSPS) is 28.8. The van der Waals surface area contributed by atoms with E-state index in [2.05, 4.69) is 40.5 Å². The van der Waals surface area contributed by atoms with Gasteiger partial charge in [-0.15, -0.1) is 0 Å². The number of hydrogen-bond acceptors (Lipinski definition) is 2. The first-order valence-corrected chi connectivity index (χ1v) is 8.33. The maximum absolute atomic E-state index is 12.0. The summed E-state index contributed by atoms with van der Waals surface area (Å²) in [5, 5.41) is 3.34. The van der Waals surface area contributed by atoms with Gasteiger partial charge in [0.2, 0.25) is 5.91 Å². The number of hydrogen-bond donors (Lipinski definition) is 1. The van der Waals surface area contributed by atoms with E-state index >= 15 is 0 Å². The molecule has 1 aliphatic carbocycles. The van der Waals surface area contributed by atoms with Gasteiger partial charge in [-0.2, -0.15) is 0 Å². The Morgan fingerprint density at radius 1 is 1.14 bits per heavy atom. The molecule has 4 rings (SSSR count). The van der Waals surface area contributed by atoms with Gasteiger partial charge >= 0.3 is 0 Å². The average Bonchev–Trinajstić information content (AvgIpc) is 3.26. The van der Waals surface area contributed by atoms with Crippen molar-refractivity contribution >= 4 is 5.91 Å². The third kappa shape index (κ3) is 2.59. The highest BCUT2D eigenvalue weighted by molar-refractivity contribution is 5.81. The molecule has 1 spiro atoms. The van der Waals surface area contributed by atoms with Gasteiger partial charge in [-0.1, -0.05) is 30.3 Å². The molecule has 112 valence electrons. The number of carbonyl (C=O) groups excluding carboxylic acids is 1. The molecule has 1 atom stereocenters. The fraction of sp³-hybridized carbons (Fsp3) is 0.611. The molecule has 0 bridgehead atoms. The Hall–Kier alpha value is -1.35. The van der Waals surface area contributed by atoms with Crippen LogP contribution in [0, 0.1) is 5.92 Å². The van der Waals surface area contributed by atoms with E-state index in [1.807, 2.05) is 0 Å². The van der Waals surface area contributed by atoms with Crippen molar-refractivity contribution in [3.05, 3.63) is 35.9 Å². The van der Waals surface area contributed by atoms with Gasteiger partial charge < -0.3 is 10.2 Å². The van der Waals surface area contributed by atoms with Crippen LogP contribution in [0.1, 0.15) is 43.6 Å². The Labute approximate surface area is 126 Å². The molecule has 2 aliphatic heterocycles. The minimum atomic E-state index is 0.0124. The Morgan fingerprint density at radius 3 is 2.52 bits per heavy atom. The van der Waals surface area contributed by atoms with Crippen molar-refractivity contribution in [2.24, 2.45) is 5.92 Å². The summed E-state index contributed by atoms with van der Waals surface area (Å²) in [4.78, 5) is 14.7. The van der Waals surface area contributed by atoms with Gasteiger partial charge in [0.15, 0.2) is 0 Å². The molecule has 3 aliphatic rings. The highest BCUT2D eigenvalue weighted by atomic mass is 16.2. The van der Waals surface area contributed by atoms with Crippen LogP contribution >= 0.6 is 0 Å². The summed E-state index contributed by atoms with van der Waals surface area (Å²) < 4.78 is 0. The molecule has 21 heavy (non-hydrogen) atoms. The van der Waals surface area contributed by atoms with Crippen molar-refractivity contribution in [1.82, 2.24) is 10.2 Å². The number of likely N-dealkylation sites (tertiary alicyclic amines) is 1. The van der Waals surface area contributed by atoms with Crippen LogP contribution in [0.3, 0.4) is 0 Å². The van der Waals surface area contributed by atoms with Crippen LogP contribution in [0.4, 0.5) is 0 Å². The lowest BCUT2D eigenvalue weighted by Gasteiger charge is -2.43. The Morgan fingerprint density at radius 2 is 1.86 bits per heavy atom. The molecule has 3 heteroatoms. The van der Waals surface area contributed by atoms with Crippen LogP contribution < -0.4 is 5.32 Å². The standard InChI is InChI=1S/C18H24N2O/c21-17-12-16(15-4-2-1-3-5-15)18(19-17)8-10-20(11-9-18)13-14-6-7-14/h1-5,14,16H,6-13H2,(H,19,21)/t16-/m0/s1. The smallest absolute Gasteiger partial charge is 0.221 e. The molecule has 0 radical (unpaired) electrons. The molecule has 1 amide bonds. The highest BCUT2D eigenvalue weighted by Crippen LogP contribution is 2.43. The highest BCUT2D eigenvalue weighted by Gasteiger charge is 2.48. The van der Waals surface area contributed by atoms with Crippen molar-refractivity contribution in [1.29, 1.82) is 0 Å². The predicted octanol–water partition coefficient (Wildman–Crippen LogP) is 2.53. The van der Waals surface area contributed by atoms with E-state index < -0.39 is 0 Å². The number of nitrogens with zero attached hydrogens (tertiary/aromatic N) is 1. The lowest BCUT2D eigenvalue weighted by Crippen LogP contribution is -2.53. The summed E-state index contributed by atoms with van der Waals surface area (Å²) in [6.45, 7) is 3.56. The second kappa shape index (κ2) is 5.13. The summed E-state index contributed by atoms with van der Waals surface area (Å²) in [5.41, 5.74) is 1.34. The van der Waals surface area contributed by atoms with Gasteiger partial charge in [-0.3, -0.25) is 4.79 Å². The summed E-state index contributed by atoms with van der Waals surface area (Å²) in [6.07, 6.45) is 5.71. The van der Waals surface area contributed by atoms with Crippen molar-refractivity contribution in [3.63, 3.8) is 0 Å². The Bertz CT molecular complexity index is 515. The Kier molecular flexibility index (Phi) is 3.26. The minimum Gasteiger partial charge on any atom is -0.350 e. The number of amides is 1. The monoisotopic (exact) mass is 284 g/mol. The molecule has 0 unspecified atom stereocenters. The molecule has 1 aromatic carbocycles. The third-order valence-corrected chi connectivity index (χ3v) is 5.61. The molecule has 3 fully saturated rings. The van der Waals surface area contributed by atoms with Gasteiger partial charge in [0.25, 0.3) is 0 Å². The zero-order valence-electron chi connectivity index (χ0n) is 12.6. The second-order valence-electron chi connectivity index (χ2n) is 7.12. The van der Waals surface area contributed by atoms with E-state index in [-0.39, 0.29) is 11.4 Å². The van der Waals surface area contributed by atoms with Gasteiger partial charge in [-0.05, 0) is 37.2 Å². The number of nitrogens with one attached hydrogen (secondary N) is 1. The zero-order chi connectivity index (χ0) is 14.3. The number of carbonyl (C=O) groups is 1. The van der Waals surface area contributed by atoms with Crippen LogP contribution in [0.5, 0.6) is 0 Å². The summed E-state index contributed by atoms with van der Waals surface area (Å²) >= 11 is 0. The molecule has 2 heterocycles. The van der Waals surface area contributed by atoms with Crippen LogP contribution in [0.25, 0.3) is 0 Å². The maximum Gasteiger partial charge on any atom is 0.221 e.